The van der Waals surface area contributed by atoms with Crippen molar-refractivity contribution < 1.29 is 14.3 Å². The second-order valence-electron chi connectivity index (χ2n) is 8.51. The van der Waals surface area contributed by atoms with E-state index in [1.54, 1.807) is 24.2 Å². The summed E-state index contributed by atoms with van der Waals surface area (Å²) in [6.07, 6.45) is 6.81. The van der Waals surface area contributed by atoms with Crippen LogP contribution in [0.2, 0.25) is 0 Å². The average molecular weight is 478 g/mol. The van der Waals surface area contributed by atoms with E-state index in [1.165, 1.54) is 6.33 Å². The van der Waals surface area contributed by atoms with Gasteiger partial charge in [-0.15, -0.1) is 0 Å². The number of aromatic amines is 1. The third-order valence-corrected chi connectivity index (χ3v) is 6.07. The van der Waals surface area contributed by atoms with Gasteiger partial charge in [0, 0.05) is 50.8 Å². The van der Waals surface area contributed by atoms with Gasteiger partial charge < -0.3 is 20.1 Å². The molecule has 12 heteroatoms. The molecule has 0 spiro atoms. The molecule has 0 aliphatic heterocycles. The number of alkyl carbamates (subject to hydrolysis) is 1. The number of H-pyrrole nitrogens is 1. The second kappa shape index (κ2) is 10.1. The number of pyridine rings is 1. The van der Waals surface area contributed by atoms with Crippen molar-refractivity contribution in [3.8, 4) is 0 Å². The van der Waals surface area contributed by atoms with E-state index in [4.69, 9.17) is 9.47 Å². The molecule has 4 heterocycles. The number of hydrogen-bond acceptors (Lipinski definition) is 9. The predicted molar refractivity (Wildman–Crippen MR) is 127 cm³/mol. The summed E-state index contributed by atoms with van der Waals surface area (Å²) in [5, 5.41) is 18.1. The van der Waals surface area contributed by atoms with E-state index in [2.05, 4.69) is 40.9 Å². The molecule has 0 radical (unpaired) electrons. The molecule has 12 nitrogen and oxygen atoms in total. The maximum Gasteiger partial charge on any atom is 0.407 e. The van der Waals surface area contributed by atoms with E-state index in [-0.39, 0.29) is 12.0 Å². The van der Waals surface area contributed by atoms with Crippen LogP contribution in [0.4, 0.5) is 16.4 Å². The van der Waals surface area contributed by atoms with Gasteiger partial charge in [0.2, 0.25) is 0 Å². The van der Waals surface area contributed by atoms with Crippen LogP contribution in [-0.2, 0) is 29.7 Å². The van der Waals surface area contributed by atoms with Crippen LogP contribution in [0.5, 0.6) is 0 Å². The molecular formula is C23H27N9O3. The van der Waals surface area contributed by atoms with Crippen molar-refractivity contribution in [1.29, 1.82) is 0 Å². The fourth-order valence-corrected chi connectivity index (χ4v) is 4.43. The number of aromatic nitrogens is 7. The van der Waals surface area contributed by atoms with E-state index in [0.29, 0.717) is 24.8 Å². The predicted octanol–water partition coefficient (Wildman–Crippen LogP) is 2.93. The lowest BCUT2D eigenvalue weighted by molar-refractivity contribution is 0.0996. The molecule has 3 N–H and O–H groups in total. The number of anilines is 2. The monoisotopic (exact) mass is 477 g/mol. The maximum absolute atomic E-state index is 12.2. The number of nitrogens with one attached hydrogen (secondary N) is 3. The van der Waals surface area contributed by atoms with Gasteiger partial charge in [-0.3, -0.25) is 14.8 Å². The van der Waals surface area contributed by atoms with Crippen molar-refractivity contribution in [2.75, 3.05) is 12.4 Å². The third kappa shape index (κ3) is 5.06. The van der Waals surface area contributed by atoms with Crippen LogP contribution in [0, 0.1) is 0 Å². The minimum absolute atomic E-state index is 0.135. The van der Waals surface area contributed by atoms with Crippen molar-refractivity contribution >= 4 is 28.8 Å². The Morgan fingerprint density at radius 2 is 2.23 bits per heavy atom. The molecule has 0 aromatic carbocycles. The summed E-state index contributed by atoms with van der Waals surface area (Å²) in [6.45, 7) is 0.755. The van der Waals surface area contributed by atoms with Crippen LogP contribution in [-0.4, -0.2) is 54.2 Å². The van der Waals surface area contributed by atoms with Crippen molar-refractivity contribution in [1.82, 2.24) is 40.2 Å². The van der Waals surface area contributed by atoms with Crippen LogP contribution in [0.15, 0.2) is 36.9 Å². The molecule has 35 heavy (non-hydrogen) atoms. The number of nitrogens with zero attached hydrogens (tertiary/aromatic N) is 6. The Labute approximate surface area is 201 Å². The van der Waals surface area contributed by atoms with Crippen molar-refractivity contribution in [3.63, 3.8) is 0 Å². The molecule has 0 bridgehead atoms. The lowest BCUT2D eigenvalue weighted by Crippen LogP contribution is -2.27. The highest BCUT2D eigenvalue weighted by Gasteiger charge is 2.30. The Morgan fingerprint density at radius 1 is 1.31 bits per heavy atom. The van der Waals surface area contributed by atoms with Gasteiger partial charge in [-0.1, -0.05) is 6.07 Å². The number of rotatable bonds is 8. The Hall–Kier alpha value is -4.06. The number of amides is 1. The highest BCUT2D eigenvalue weighted by atomic mass is 16.6. The Bertz CT molecular complexity index is 1300. The smallest absolute Gasteiger partial charge is 0.407 e. The number of fused-ring (bicyclic) bond motifs is 1. The largest absolute Gasteiger partial charge is 0.446 e. The highest BCUT2D eigenvalue weighted by Crippen LogP contribution is 2.36. The van der Waals surface area contributed by atoms with Crippen LogP contribution in [0.1, 0.15) is 42.1 Å². The maximum atomic E-state index is 12.2. The van der Waals surface area contributed by atoms with Crippen LogP contribution in [0.25, 0.3) is 11.0 Å². The van der Waals surface area contributed by atoms with E-state index in [0.717, 1.165) is 47.2 Å². The normalized spacial score (nSPS) is 17.5. The zero-order valence-corrected chi connectivity index (χ0v) is 19.6. The fourth-order valence-electron chi connectivity index (χ4n) is 4.43. The van der Waals surface area contributed by atoms with Gasteiger partial charge in [0.25, 0.3) is 0 Å². The zero-order chi connectivity index (χ0) is 24.2. The molecule has 0 unspecified atom stereocenters. The lowest BCUT2D eigenvalue weighted by Gasteiger charge is -2.13. The molecule has 1 aliphatic rings. The van der Waals surface area contributed by atoms with Crippen molar-refractivity contribution in [2.45, 2.75) is 44.4 Å². The summed E-state index contributed by atoms with van der Waals surface area (Å²) in [6, 6.07) is 5.71. The van der Waals surface area contributed by atoms with Gasteiger partial charge in [-0.25, -0.2) is 14.8 Å². The van der Waals surface area contributed by atoms with Gasteiger partial charge >= 0.3 is 6.09 Å². The second-order valence-corrected chi connectivity index (χ2v) is 8.51. The molecule has 4 aromatic heterocycles. The fraction of sp³-hybridized carbons (Fsp3) is 0.391. The molecule has 1 aliphatic carbocycles. The number of carbonyl (C=O) groups excluding carboxylic acids is 1. The third-order valence-electron chi connectivity index (χ3n) is 6.07. The first-order valence-electron chi connectivity index (χ1n) is 11.4. The van der Waals surface area contributed by atoms with Crippen LogP contribution < -0.4 is 10.6 Å². The number of carbonyl (C=O) groups is 1. The van der Waals surface area contributed by atoms with Crippen molar-refractivity contribution in [2.24, 2.45) is 7.05 Å². The van der Waals surface area contributed by atoms with Gasteiger partial charge in [-0.05, 0) is 30.9 Å². The van der Waals surface area contributed by atoms with Gasteiger partial charge in [0.1, 0.15) is 29.2 Å². The Morgan fingerprint density at radius 3 is 3.06 bits per heavy atom. The van der Waals surface area contributed by atoms with E-state index < -0.39 is 6.09 Å². The number of ether oxygens (including phenoxy) is 2. The number of aryl methyl sites for hydroxylation is 1. The Kier molecular flexibility index (Phi) is 6.53. The summed E-state index contributed by atoms with van der Waals surface area (Å²) in [5.41, 5.74) is 4.17. The quantitative estimate of drug-likeness (QED) is 0.349. The van der Waals surface area contributed by atoms with Crippen LogP contribution in [0.3, 0.4) is 0 Å². The number of methoxy groups -OCH3 is 1. The molecule has 1 amide bonds. The summed E-state index contributed by atoms with van der Waals surface area (Å²) in [5.74, 6) is 1.49. The SMILES string of the molecule is COCc1nn(C)c2c(Nc3cc([C@H]4CC[C@@H](OC(=O)NCc5cccnc5)C4)[nH]n3)ncnc12. The molecular weight excluding hydrogens is 450 g/mol. The molecule has 2 atom stereocenters. The summed E-state index contributed by atoms with van der Waals surface area (Å²) in [4.78, 5) is 25.0. The number of hydrogen-bond donors (Lipinski definition) is 3. The standard InChI is InChI=1S/C23H27N9O3/c1-32-21-20(18(31-32)12-34-2)26-13-27-22(21)28-19-9-17(29-30-19)15-5-6-16(8-15)35-23(33)25-11-14-4-3-7-24-10-14/h3-4,7,9-10,13,15-16H,5-6,8,11-12H2,1-2H3,(H,25,33)(H2,26,27,28,29,30)/t15-,16+/m0/s1. The summed E-state index contributed by atoms with van der Waals surface area (Å²) >= 11 is 0. The zero-order valence-electron chi connectivity index (χ0n) is 19.6. The minimum atomic E-state index is -0.414. The Balaban J connectivity index is 1.19. The van der Waals surface area contributed by atoms with Gasteiger partial charge in [0.15, 0.2) is 11.6 Å². The highest BCUT2D eigenvalue weighted by molar-refractivity contribution is 5.88. The first kappa shape index (κ1) is 22.7. The first-order chi connectivity index (χ1) is 17.1. The molecule has 5 rings (SSSR count). The first-order valence-corrected chi connectivity index (χ1v) is 11.4. The molecule has 0 saturated heterocycles. The average Bonchev–Trinajstić information content (AvgIpc) is 3.59. The molecule has 182 valence electrons. The molecule has 4 aromatic rings. The van der Waals surface area contributed by atoms with E-state index in [1.807, 2.05) is 25.2 Å². The van der Waals surface area contributed by atoms with Gasteiger partial charge in [0.05, 0.1) is 6.61 Å². The van der Waals surface area contributed by atoms with Crippen molar-refractivity contribution in [3.05, 3.63) is 53.9 Å². The van der Waals surface area contributed by atoms with Gasteiger partial charge in [-0.2, -0.15) is 10.2 Å². The van der Waals surface area contributed by atoms with E-state index in [9.17, 15) is 4.79 Å². The van der Waals surface area contributed by atoms with E-state index >= 15 is 0 Å². The van der Waals surface area contributed by atoms with Crippen LogP contribution >= 0.6 is 0 Å². The minimum Gasteiger partial charge on any atom is -0.446 e. The summed E-state index contributed by atoms with van der Waals surface area (Å²) < 4.78 is 12.6. The molecule has 1 fully saturated rings. The molecule has 1 saturated carbocycles. The topological polar surface area (TPSA) is 145 Å². The lowest BCUT2D eigenvalue weighted by atomic mass is 10.0. The summed E-state index contributed by atoms with van der Waals surface area (Å²) in [7, 11) is 3.47.